The molecule has 0 atom stereocenters. The number of aryl methyl sites for hydroxylation is 1. The molecular weight excluding hydrogens is 492 g/mol. The molecule has 11 heteroatoms. The number of ether oxygens (including phenoxy) is 2. The predicted octanol–water partition coefficient (Wildman–Crippen LogP) is 5.39. The van der Waals surface area contributed by atoms with Gasteiger partial charge in [0.15, 0.2) is 5.69 Å². The van der Waals surface area contributed by atoms with Crippen molar-refractivity contribution in [1.29, 1.82) is 0 Å². The van der Waals surface area contributed by atoms with Crippen LogP contribution in [0.25, 0.3) is 32.8 Å². The SMILES string of the molecule is COc1cc2ccc3c(C(=O)O)n(CCCNC(=O)OC(C)(C)C)nc3c2cc1-c1cccc([N+](=O)[O-])c1. The first-order valence-electron chi connectivity index (χ1n) is 11.9. The number of alkyl carbamates (subject to hydrolysis) is 1. The van der Waals surface area contributed by atoms with E-state index in [2.05, 4.69) is 10.4 Å². The van der Waals surface area contributed by atoms with Crippen LogP contribution in [0.5, 0.6) is 5.75 Å². The first-order chi connectivity index (χ1) is 18.0. The topological polar surface area (TPSA) is 146 Å². The zero-order chi connectivity index (χ0) is 27.6. The highest BCUT2D eigenvalue weighted by atomic mass is 16.6. The summed E-state index contributed by atoms with van der Waals surface area (Å²) < 4.78 is 12.2. The maximum atomic E-state index is 12.2. The first-order valence-corrected chi connectivity index (χ1v) is 11.9. The van der Waals surface area contributed by atoms with Crippen molar-refractivity contribution in [2.45, 2.75) is 39.3 Å². The molecule has 0 aliphatic rings. The molecule has 2 N–H and O–H groups in total. The molecule has 0 bridgehead atoms. The van der Waals surface area contributed by atoms with Gasteiger partial charge >= 0.3 is 12.1 Å². The first kappa shape index (κ1) is 26.4. The van der Waals surface area contributed by atoms with Gasteiger partial charge in [0.25, 0.3) is 5.69 Å². The van der Waals surface area contributed by atoms with Crippen LogP contribution in [-0.2, 0) is 11.3 Å². The van der Waals surface area contributed by atoms with Crippen LogP contribution in [0.2, 0.25) is 0 Å². The number of aromatic nitrogens is 2. The Bertz CT molecular complexity index is 1550. The summed E-state index contributed by atoms with van der Waals surface area (Å²) in [7, 11) is 1.52. The lowest BCUT2D eigenvalue weighted by molar-refractivity contribution is -0.384. The number of carboxylic acid groups (broad SMARTS) is 1. The standard InChI is InChI=1S/C27H28N4O7/c1-27(2,3)38-26(34)28-11-6-12-30-24(25(32)33)19-10-9-17-14-22(37-4)20(15-21(17)23(19)29-30)16-7-5-8-18(13-16)31(35)36/h5,7-10,13-15H,6,11-12H2,1-4H3,(H,28,34)(H,32,33). The second kappa shape index (κ2) is 10.4. The van der Waals surface area contributed by atoms with E-state index in [0.717, 1.165) is 5.39 Å². The van der Waals surface area contributed by atoms with Crippen molar-refractivity contribution >= 4 is 39.4 Å². The second-order valence-electron chi connectivity index (χ2n) is 9.70. The molecule has 0 aliphatic heterocycles. The lowest BCUT2D eigenvalue weighted by Crippen LogP contribution is -2.33. The van der Waals surface area contributed by atoms with E-state index < -0.39 is 22.6 Å². The van der Waals surface area contributed by atoms with Crippen molar-refractivity contribution in [3.63, 3.8) is 0 Å². The van der Waals surface area contributed by atoms with Crippen molar-refractivity contribution in [2.75, 3.05) is 13.7 Å². The molecule has 198 valence electrons. The zero-order valence-corrected chi connectivity index (χ0v) is 21.5. The Kier molecular flexibility index (Phi) is 7.20. The maximum absolute atomic E-state index is 12.2. The van der Waals surface area contributed by atoms with Crippen molar-refractivity contribution in [3.8, 4) is 16.9 Å². The largest absolute Gasteiger partial charge is 0.496 e. The van der Waals surface area contributed by atoms with Gasteiger partial charge in [0.2, 0.25) is 0 Å². The molecule has 4 aromatic rings. The summed E-state index contributed by atoms with van der Waals surface area (Å²) in [5, 5.41) is 30.5. The van der Waals surface area contributed by atoms with Gasteiger partial charge < -0.3 is 19.9 Å². The van der Waals surface area contributed by atoms with Crippen molar-refractivity contribution in [3.05, 3.63) is 64.3 Å². The smallest absolute Gasteiger partial charge is 0.407 e. The van der Waals surface area contributed by atoms with E-state index in [-0.39, 0.29) is 24.5 Å². The van der Waals surface area contributed by atoms with Crippen LogP contribution in [0.1, 0.15) is 37.7 Å². The van der Waals surface area contributed by atoms with Crippen LogP contribution in [0.4, 0.5) is 10.5 Å². The number of nitro groups is 1. The van der Waals surface area contributed by atoms with Crippen LogP contribution < -0.4 is 10.1 Å². The lowest BCUT2D eigenvalue weighted by atomic mass is 9.98. The second-order valence-corrected chi connectivity index (χ2v) is 9.70. The summed E-state index contributed by atoms with van der Waals surface area (Å²) in [4.78, 5) is 34.9. The Labute approximate surface area is 218 Å². The van der Waals surface area contributed by atoms with Crippen LogP contribution in [0, 0.1) is 10.1 Å². The molecule has 0 radical (unpaired) electrons. The van der Waals surface area contributed by atoms with E-state index in [4.69, 9.17) is 9.47 Å². The Hall–Kier alpha value is -4.67. The Morgan fingerprint density at radius 1 is 1.13 bits per heavy atom. The van der Waals surface area contributed by atoms with Crippen LogP contribution in [0.15, 0.2) is 48.5 Å². The molecule has 1 aromatic heterocycles. The summed E-state index contributed by atoms with van der Waals surface area (Å²) >= 11 is 0. The Morgan fingerprint density at radius 3 is 2.55 bits per heavy atom. The summed E-state index contributed by atoms with van der Waals surface area (Å²) in [6, 6.07) is 13.3. The molecule has 1 amide bonds. The summed E-state index contributed by atoms with van der Waals surface area (Å²) in [5.41, 5.74) is 1.04. The fraction of sp³-hybridized carbons (Fsp3) is 0.296. The minimum Gasteiger partial charge on any atom is -0.496 e. The average molecular weight is 521 g/mol. The molecule has 0 unspecified atom stereocenters. The van der Waals surface area contributed by atoms with Gasteiger partial charge in [-0.1, -0.05) is 18.2 Å². The number of carbonyl (C=O) groups excluding carboxylic acids is 1. The minimum absolute atomic E-state index is 0.0342. The monoisotopic (exact) mass is 520 g/mol. The van der Waals surface area contributed by atoms with Gasteiger partial charge in [-0.05, 0) is 56.3 Å². The zero-order valence-electron chi connectivity index (χ0n) is 21.5. The highest BCUT2D eigenvalue weighted by Gasteiger charge is 2.21. The number of carboxylic acids is 1. The normalized spacial score (nSPS) is 11.5. The number of fused-ring (bicyclic) bond motifs is 3. The quantitative estimate of drug-likeness (QED) is 0.179. The number of carbonyl (C=O) groups is 2. The van der Waals surface area contributed by atoms with E-state index in [1.165, 1.54) is 23.9 Å². The molecule has 4 rings (SSSR count). The highest BCUT2D eigenvalue weighted by Crippen LogP contribution is 2.38. The van der Waals surface area contributed by atoms with E-state index in [0.29, 0.717) is 39.6 Å². The summed E-state index contributed by atoms with van der Waals surface area (Å²) in [5.74, 6) is -0.608. The van der Waals surface area contributed by atoms with Gasteiger partial charge in [0, 0.05) is 41.6 Å². The molecule has 0 saturated carbocycles. The number of nitro benzene ring substituents is 1. The minimum atomic E-state index is -1.13. The highest BCUT2D eigenvalue weighted by molar-refractivity contribution is 6.13. The third-order valence-corrected chi connectivity index (χ3v) is 5.83. The molecule has 3 aromatic carbocycles. The van der Waals surface area contributed by atoms with Gasteiger partial charge in [-0.2, -0.15) is 5.10 Å². The van der Waals surface area contributed by atoms with E-state index >= 15 is 0 Å². The van der Waals surface area contributed by atoms with Crippen LogP contribution >= 0.6 is 0 Å². The number of nitrogens with zero attached hydrogens (tertiary/aromatic N) is 3. The van der Waals surface area contributed by atoms with Crippen molar-refractivity contribution in [2.24, 2.45) is 0 Å². The number of rotatable bonds is 8. The molecule has 1 heterocycles. The number of non-ortho nitro benzene ring substituents is 1. The predicted molar refractivity (Wildman–Crippen MR) is 142 cm³/mol. The number of hydrogen-bond donors (Lipinski definition) is 2. The van der Waals surface area contributed by atoms with Gasteiger partial charge in [0.05, 0.1) is 12.0 Å². The van der Waals surface area contributed by atoms with Gasteiger partial charge in [-0.3, -0.25) is 14.8 Å². The fourth-order valence-electron chi connectivity index (χ4n) is 4.25. The molecule has 38 heavy (non-hydrogen) atoms. The number of hydrogen-bond acceptors (Lipinski definition) is 7. The van der Waals surface area contributed by atoms with E-state index in [1.807, 2.05) is 6.07 Å². The number of benzene rings is 3. The average Bonchev–Trinajstić information content (AvgIpc) is 3.24. The molecule has 11 nitrogen and oxygen atoms in total. The molecule has 0 aliphatic carbocycles. The molecular formula is C27H28N4O7. The number of aromatic carboxylic acids is 1. The van der Waals surface area contributed by atoms with E-state index in [9.17, 15) is 24.8 Å². The van der Waals surface area contributed by atoms with Gasteiger partial charge in [0.1, 0.15) is 16.9 Å². The Morgan fingerprint density at radius 2 is 1.89 bits per heavy atom. The number of methoxy groups -OCH3 is 1. The Balaban J connectivity index is 1.73. The maximum Gasteiger partial charge on any atom is 0.407 e. The lowest BCUT2D eigenvalue weighted by Gasteiger charge is -2.19. The third-order valence-electron chi connectivity index (χ3n) is 5.83. The van der Waals surface area contributed by atoms with Gasteiger partial charge in [-0.25, -0.2) is 9.59 Å². The van der Waals surface area contributed by atoms with Crippen molar-refractivity contribution in [1.82, 2.24) is 15.1 Å². The molecule has 0 spiro atoms. The number of nitrogens with one attached hydrogen (secondary N) is 1. The van der Waals surface area contributed by atoms with Gasteiger partial charge in [-0.15, -0.1) is 0 Å². The summed E-state index contributed by atoms with van der Waals surface area (Å²) in [6.45, 7) is 5.84. The van der Waals surface area contributed by atoms with Crippen LogP contribution in [0.3, 0.4) is 0 Å². The van der Waals surface area contributed by atoms with Crippen LogP contribution in [-0.4, -0.2) is 51.1 Å². The fourth-order valence-corrected chi connectivity index (χ4v) is 4.25. The summed E-state index contributed by atoms with van der Waals surface area (Å²) in [6.07, 6.45) is -0.117. The van der Waals surface area contributed by atoms with E-state index in [1.54, 1.807) is 51.1 Å². The molecule has 0 fully saturated rings. The molecule has 0 saturated heterocycles. The number of amides is 1. The van der Waals surface area contributed by atoms with Crippen molar-refractivity contribution < 1.29 is 29.1 Å². The third kappa shape index (κ3) is 5.51.